The van der Waals surface area contributed by atoms with Crippen LogP contribution < -0.4 is 11.3 Å². The Hall–Kier alpha value is -0.670. The molecule has 0 aromatic carbocycles. The van der Waals surface area contributed by atoms with Crippen molar-refractivity contribution in [3.05, 3.63) is 27.0 Å². The molecule has 0 spiro atoms. The number of anilines is 1. The molecule has 74 valence electrons. The maximum Gasteiger partial charge on any atom is 0.197 e. The van der Waals surface area contributed by atoms with Crippen LogP contribution in [0.4, 0.5) is 5.13 Å². The molecule has 0 saturated carbocycles. The van der Waals surface area contributed by atoms with Crippen molar-refractivity contribution in [1.82, 2.24) is 14.8 Å². The Bertz CT molecular complexity index is 423. The van der Waals surface area contributed by atoms with Gasteiger partial charge in [-0.05, 0) is 22.6 Å². The molecule has 5 nitrogen and oxygen atoms in total. The van der Waals surface area contributed by atoms with E-state index in [0.29, 0.717) is 0 Å². The fraction of sp³-hybridized carbons (Fsp3) is 0.143. The molecule has 0 bridgehead atoms. The second-order valence-electron chi connectivity index (χ2n) is 2.63. The van der Waals surface area contributed by atoms with Gasteiger partial charge in [-0.1, -0.05) is 11.3 Å². The average molecular weight is 321 g/mol. The first kappa shape index (κ1) is 9.87. The second kappa shape index (κ2) is 4.24. The number of hydrogen-bond acceptors (Lipinski definition) is 5. The van der Waals surface area contributed by atoms with Gasteiger partial charge in [0.25, 0.3) is 0 Å². The highest BCUT2D eigenvalue weighted by molar-refractivity contribution is 14.1. The van der Waals surface area contributed by atoms with E-state index < -0.39 is 0 Å². The van der Waals surface area contributed by atoms with Crippen molar-refractivity contribution in [2.45, 2.75) is 6.54 Å². The second-order valence-corrected chi connectivity index (χ2v) is 4.99. The van der Waals surface area contributed by atoms with Crippen molar-refractivity contribution in [3.8, 4) is 0 Å². The SMILES string of the molecule is NNc1ncc(Cn2cc(I)cn2)s1. The van der Waals surface area contributed by atoms with Gasteiger partial charge in [-0.25, -0.2) is 10.8 Å². The van der Waals surface area contributed by atoms with E-state index in [1.165, 1.54) is 11.3 Å². The summed E-state index contributed by atoms with van der Waals surface area (Å²) in [6, 6.07) is 0. The van der Waals surface area contributed by atoms with Gasteiger partial charge in [0.1, 0.15) is 0 Å². The molecule has 2 aromatic rings. The summed E-state index contributed by atoms with van der Waals surface area (Å²) in [6.07, 6.45) is 5.61. The fourth-order valence-electron chi connectivity index (χ4n) is 1.03. The number of hydrogen-bond donors (Lipinski definition) is 2. The lowest BCUT2D eigenvalue weighted by molar-refractivity contribution is 0.693. The number of halogens is 1. The van der Waals surface area contributed by atoms with Gasteiger partial charge in [0.2, 0.25) is 0 Å². The van der Waals surface area contributed by atoms with Gasteiger partial charge in [-0.15, -0.1) is 0 Å². The number of rotatable bonds is 3. The Labute approximate surface area is 98.4 Å². The summed E-state index contributed by atoms with van der Waals surface area (Å²) in [5.41, 5.74) is 2.51. The van der Waals surface area contributed by atoms with Gasteiger partial charge < -0.3 is 0 Å². The van der Waals surface area contributed by atoms with Crippen LogP contribution in [0.5, 0.6) is 0 Å². The zero-order chi connectivity index (χ0) is 9.97. The molecule has 0 aliphatic heterocycles. The first-order valence-corrected chi connectivity index (χ1v) is 5.77. The molecule has 0 aliphatic carbocycles. The van der Waals surface area contributed by atoms with Crippen molar-refractivity contribution < 1.29 is 0 Å². The monoisotopic (exact) mass is 321 g/mol. The van der Waals surface area contributed by atoms with Crippen molar-refractivity contribution in [2.24, 2.45) is 5.84 Å². The summed E-state index contributed by atoms with van der Waals surface area (Å²) in [5.74, 6) is 5.23. The van der Waals surface area contributed by atoms with Crippen LogP contribution in [0.2, 0.25) is 0 Å². The lowest BCUT2D eigenvalue weighted by Gasteiger charge is -1.95. The smallest absolute Gasteiger partial charge is 0.197 e. The van der Waals surface area contributed by atoms with Crippen molar-refractivity contribution in [3.63, 3.8) is 0 Å². The molecule has 2 rings (SSSR count). The first-order chi connectivity index (χ1) is 6.78. The molecule has 0 atom stereocenters. The Morgan fingerprint density at radius 1 is 1.57 bits per heavy atom. The summed E-state index contributed by atoms with van der Waals surface area (Å²) in [7, 11) is 0. The normalized spacial score (nSPS) is 10.4. The predicted molar refractivity (Wildman–Crippen MR) is 64.0 cm³/mol. The van der Waals surface area contributed by atoms with Crippen LogP contribution in [0.3, 0.4) is 0 Å². The Kier molecular flexibility index (Phi) is 2.99. The molecule has 2 aromatic heterocycles. The highest BCUT2D eigenvalue weighted by Crippen LogP contribution is 2.17. The molecule has 0 fully saturated rings. The quantitative estimate of drug-likeness (QED) is 0.508. The fourth-order valence-corrected chi connectivity index (χ4v) is 2.19. The van der Waals surface area contributed by atoms with Gasteiger partial charge >= 0.3 is 0 Å². The lowest BCUT2D eigenvalue weighted by Crippen LogP contribution is -2.05. The van der Waals surface area contributed by atoms with Gasteiger partial charge in [0.15, 0.2) is 5.13 Å². The molecule has 0 unspecified atom stereocenters. The molecular formula is C7H8IN5S. The van der Waals surface area contributed by atoms with E-state index in [0.717, 1.165) is 20.1 Å². The highest BCUT2D eigenvalue weighted by atomic mass is 127. The Morgan fingerprint density at radius 3 is 3.00 bits per heavy atom. The van der Waals surface area contributed by atoms with E-state index in [2.05, 4.69) is 38.1 Å². The third-order valence-electron chi connectivity index (χ3n) is 1.60. The number of nitrogens with two attached hydrogens (primary N) is 1. The van der Waals surface area contributed by atoms with Crippen molar-refractivity contribution >= 4 is 39.1 Å². The molecule has 2 heterocycles. The third-order valence-corrected chi connectivity index (χ3v) is 3.07. The number of thiazole rings is 1. The van der Waals surface area contributed by atoms with E-state index in [9.17, 15) is 0 Å². The zero-order valence-corrected chi connectivity index (χ0v) is 10.1. The van der Waals surface area contributed by atoms with Crippen LogP contribution in [0, 0.1) is 3.57 Å². The molecular weight excluding hydrogens is 313 g/mol. The van der Waals surface area contributed by atoms with Crippen molar-refractivity contribution in [1.29, 1.82) is 0 Å². The van der Waals surface area contributed by atoms with Gasteiger partial charge in [-0.2, -0.15) is 5.10 Å². The predicted octanol–water partition coefficient (Wildman–Crippen LogP) is 1.28. The number of nitrogen functional groups attached to an aromatic ring is 1. The lowest BCUT2D eigenvalue weighted by atomic mass is 10.5. The largest absolute Gasteiger partial charge is 0.300 e. The molecule has 14 heavy (non-hydrogen) atoms. The minimum atomic E-state index is 0.724. The molecule has 0 aliphatic rings. The highest BCUT2D eigenvalue weighted by Gasteiger charge is 2.02. The van der Waals surface area contributed by atoms with Crippen LogP contribution in [0.25, 0.3) is 0 Å². The zero-order valence-electron chi connectivity index (χ0n) is 7.14. The van der Waals surface area contributed by atoms with Crippen LogP contribution in [-0.4, -0.2) is 14.8 Å². The number of aromatic nitrogens is 3. The van der Waals surface area contributed by atoms with Crippen LogP contribution in [0.1, 0.15) is 4.88 Å². The molecule has 0 radical (unpaired) electrons. The summed E-state index contributed by atoms with van der Waals surface area (Å²) >= 11 is 3.75. The topological polar surface area (TPSA) is 68.8 Å². The minimum Gasteiger partial charge on any atom is -0.300 e. The van der Waals surface area contributed by atoms with Crippen molar-refractivity contribution in [2.75, 3.05) is 5.43 Å². The standard InChI is InChI=1S/C7H8IN5S/c8-5-1-11-13(3-5)4-6-2-10-7(12-9)14-6/h1-3H,4,9H2,(H,10,12). The van der Waals surface area contributed by atoms with Gasteiger partial charge in [0.05, 0.1) is 16.3 Å². The average Bonchev–Trinajstić information content (AvgIpc) is 2.76. The summed E-state index contributed by atoms with van der Waals surface area (Å²) in [5, 5.41) is 4.91. The van der Waals surface area contributed by atoms with Gasteiger partial charge in [-0.3, -0.25) is 10.1 Å². The third kappa shape index (κ3) is 2.22. The molecule has 3 N–H and O–H groups in total. The Morgan fingerprint density at radius 2 is 2.43 bits per heavy atom. The molecule has 0 amide bonds. The summed E-state index contributed by atoms with van der Waals surface area (Å²) in [6.45, 7) is 0.738. The molecule has 7 heteroatoms. The van der Waals surface area contributed by atoms with E-state index in [1.54, 1.807) is 6.20 Å². The van der Waals surface area contributed by atoms with Gasteiger partial charge in [0, 0.05) is 17.3 Å². The minimum absolute atomic E-state index is 0.724. The van der Waals surface area contributed by atoms with E-state index in [-0.39, 0.29) is 0 Å². The van der Waals surface area contributed by atoms with E-state index in [1.807, 2.05) is 17.1 Å². The summed E-state index contributed by atoms with van der Waals surface area (Å²) < 4.78 is 3.00. The maximum atomic E-state index is 5.23. The van der Waals surface area contributed by atoms with Crippen LogP contribution in [-0.2, 0) is 6.54 Å². The number of nitrogens with one attached hydrogen (secondary N) is 1. The molecule has 0 saturated heterocycles. The van der Waals surface area contributed by atoms with E-state index in [4.69, 9.17) is 5.84 Å². The first-order valence-electron chi connectivity index (χ1n) is 3.87. The number of nitrogens with zero attached hydrogens (tertiary/aromatic N) is 3. The summed E-state index contributed by atoms with van der Waals surface area (Å²) in [4.78, 5) is 5.20. The van der Waals surface area contributed by atoms with Crippen LogP contribution >= 0.6 is 33.9 Å². The maximum absolute atomic E-state index is 5.23. The Balaban J connectivity index is 2.10. The van der Waals surface area contributed by atoms with E-state index >= 15 is 0 Å². The van der Waals surface area contributed by atoms with Crippen LogP contribution in [0.15, 0.2) is 18.6 Å². The number of hydrazine groups is 1.